The van der Waals surface area contributed by atoms with Crippen LogP contribution >= 0.6 is 11.6 Å². The van der Waals surface area contributed by atoms with Crippen molar-refractivity contribution in [3.8, 4) is 5.75 Å². The number of halogens is 2. The van der Waals surface area contributed by atoms with E-state index in [0.29, 0.717) is 5.75 Å². The first-order valence-electron chi connectivity index (χ1n) is 6.93. The van der Waals surface area contributed by atoms with Crippen LogP contribution in [0.4, 0.5) is 9.18 Å². The van der Waals surface area contributed by atoms with Gasteiger partial charge in [-0.25, -0.2) is 9.18 Å². The van der Waals surface area contributed by atoms with Gasteiger partial charge >= 0.3 is 6.03 Å². The van der Waals surface area contributed by atoms with Crippen molar-refractivity contribution in [2.24, 2.45) is 5.73 Å². The molecule has 7 nitrogen and oxygen atoms in total. The maximum atomic E-state index is 13.1. The number of nitrogens with one attached hydrogen (secondary N) is 3. The maximum absolute atomic E-state index is 13.1. The van der Waals surface area contributed by atoms with Gasteiger partial charge in [-0.3, -0.25) is 4.79 Å². The summed E-state index contributed by atoms with van der Waals surface area (Å²) in [6.45, 7) is 5.34. The first kappa shape index (κ1) is 17.6. The molecule has 9 heteroatoms. The summed E-state index contributed by atoms with van der Waals surface area (Å²) in [7, 11) is 0. The van der Waals surface area contributed by atoms with Crippen LogP contribution < -0.4 is 26.4 Å². The zero-order valence-corrected chi connectivity index (χ0v) is 13.5. The molecule has 0 bridgehead atoms. The van der Waals surface area contributed by atoms with Crippen LogP contribution in [-0.2, 0) is 4.79 Å². The summed E-state index contributed by atoms with van der Waals surface area (Å²) in [4.78, 5) is 23.5. The molecule has 1 aromatic rings. The Hall–Kier alpha value is -2.74. The minimum atomic E-state index is -0.593. The average Bonchev–Trinajstić information content (AvgIpc) is 2.52. The molecule has 1 atom stereocenters. The smallest absolute Gasteiger partial charge is 0.323 e. The van der Waals surface area contributed by atoms with E-state index < -0.39 is 23.8 Å². The van der Waals surface area contributed by atoms with E-state index in [2.05, 4.69) is 22.5 Å². The van der Waals surface area contributed by atoms with E-state index in [4.69, 9.17) is 22.1 Å². The van der Waals surface area contributed by atoms with Gasteiger partial charge in [0.15, 0.2) is 0 Å². The Morgan fingerprint density at radius 2 is 2.21 bits per heavy atom. The van der Waals surface area contributed by atoms with Gasteiger partial charge in [0, 0.05) is 6.07 Å². The molecule has 128 valence electrons. The number of benzene rings is 1. The Kier molecular flexibility index (Phi) is 5.30. The van der Waals surface area contributed by atoms with Gasteiger partial charge in [-0.1, -0.05) is 18.2 Å². The highest BCUT2D eigenvalue weighted by Crippen LogP contribution is 2.21. The molecule has 3 amide bonds. The first-order valence-corrected chi connectivity index (χ1v) is 7.31. The Labute approximate surface area is 142 Å². The zero-order chi connectivity index (χ0) is 17.9. The topological polar surface area (TPSA) is 105 Å². The number of rotatable bonds is 5. The lowest BCUT2D eigenvalue weighted by Gasteiger charge is -2.22. The van der Waals surface area contributed by atoms with Crippen LogP contribution in [0.3, 0.4) is 0 Å². The molecule has 0 saturated heterocycles. The average molecular weight is 355 g/mol. The molecule has 0 aromatic heterocycles. The molecule has 1 heterocycles. The second-order valence-corrected chi connectivity index (χ2v) is 5.51. The molecule has 1 aliphatic rings. The van der Waals surface area contributed by atoms with Crippen LogP contribution in [0.25, 0.3) is 0 Å². The summed E-state index contributed by atoms with van der Waals surface area (Å²) in [5.41, 5.74) is 5.83. The van der Waals surface area contributed by atoms with Crippen molar-refractivity contribution in [2.45, 2.75) is 13.0 Å². The van der Waals surface area contributed by atoms with E-state index in [1.54, 1.807) is 6.92 Å². The van der Waals surface area contributed by atoms with Crippen molar-refractivity contribution < 1.29 is 18.7 Å². The fourth-order valence-corrected chi connectivity index (χ4v) is 2.04. The van der Waals surface area contributed by atoms with E-state index in [1.807, 2.05) is 0 Å². The first-order chi connectivity index (χ1) is 11.3. The van der Waals surface area contributed by atoms with Crippen LogP contribution in [0.2, 0.25) is 5.02 Å². The van der Waals surface area contributed by atoms with E-state index in [1.165, 1.54) is 18.2 Å². The fraction of sp³-hybridized carbons (Fsp3) is 0.200. The summed E-state index contributed by atoms with van der Waals surface area (Å²) in [6, 6.07) is 2.93. The Balaban J connectivity index is 1.94. The number of carbonyl (C=O) groups is 2. The lowest BCUT2D eigenvalue weighted by atomic mass is 10.2. The summed E-state index contributed by atoms with van der Waals surface area (Å²) in [6.07, 6.45) is 0. The number of carbonyl (C=O) groups excluding carboxylic acids is 2. The summed E-state index contributed by atoms with van der Waals surface area (Å²) >= 11 is 5.66. The predicted octanol–water partition coefficient (Wildman–Crippen LogP) is 1.36. The Bertz CT molecular complexity index is 735. The molecule has 0 unspecified atom stereocenters. The number of ether oxygens (including phenoxy) is 1. The highest BCUT2D eigenvalue weighted by molar-refractivity contribution is 6.30. The van der Waals surface area contributed by atoms with Crippen LogP contribution in [-0.4, -0.2) is 24.6 Å². The standard InChI is InChI=1S/C15H16ClFN4O3/c1-7(6-24-9-3-4-11(17)10(16)5-9)19-14(22)13-12(18)8(2)20-15(23)21-13/h3-5,7H,2,6,18H2,1H3,(H,19,22)(H2,20,21,23)/t7-/m1/s1. The van der Waals surface area contributed by atoms with Crippen LogP contribution in [0.1, 0.15) is 6.92 Å². The number of hydrogen-bond acceptors (Lipinski definition) is 4. The van der Waals surface area contributed by atoms with E-state index in [-0.39, 0.29) is 28.7 Å². The van der Waals surface area contributed by atoms with Crippen molar-refractivity contribution in [3.05, 3.63) is 52.7 Å². The molecule has 0 radical (unpaired) electrons. The van der Waals surface area contributed by atoms with Crippen molar-refractivity contribution in [3.63, 3.8) is 0 Å². The third kappa shape index (κ3) is 4.17. The zero-order valence-electron chi connectivity index (χ0n) is 12.8. The quantitative estimate of drug-likeness (QED) is 0.640. The SMILES string of the molecule is C=C1NC(=O)NC(C(=O)N[C@H](C)COc2ccc(F)c(Cl)c2)=C1N. The largest absolute Gasteiger partial charge is 0.491 e. The molecule has 2 rings (SSSR count). The molecule has 1 aromatic carbocycles. The van der Waals surface area contributed by atoms with Crippen molar-refractivity contribution in [2.75, 3.05) is 6.61 Å². The summed E-state index contributed by atoms with van der Waals surface area (Å²) in [5, 5.41) is 7.24. The molecule has 1 aliphatic heterocycles. The minimum Gasteiger partial charge on any atom is -0.491 e. The van der Waals surface area contributed by atoms with Crippen molar-refractivity contribution >= 4 is 23.5 Å². The molecule has 5 N–H and O–H groups in total. The van der Waals surface area contributed by atoms with E-state index >= 15 is 0 Å². The summed E-state index contributed by atoms with van der Waals surface area (Å²) in [5.74, 6) is -0.754. The van der Waals surface area contributed by atoms with Gasteiger partial charge in [-0.15, -0.1) is 0 Å². The molecular weight excluding hydrogens is 339 g/mol. The third-order valence-corrected chi connectivity index (χ3v) is 3.38. The predicted molar refractivity (Wildman–Crippen MR) is 86.5 cm³/mol. The number of hydrogen-bond donors (Lipinski definition) is 4. The van der Waals surface area contributed by atoms with Crippen LogP contribution in [0.15, 0.2) is 41.9 Å². The molecule has 0 saturated carbocycles. The minimum absolute atomic E-state index is 0.0468. The van der Waals surface area contributed by atoms with E-state index in [0.717, 1.165) is 0 Å². The van der Waals surface area contributed by atoms with Gasteiger partial charge in [-0.2, -0.15) is 0 Å². The fourth-order valence-electron chi connectivity index (χ4n) is 1.87. The van der Waals surface area contributed by atoms with Crippen LogP contribution in [0.5, 0.6) is 5.75 Å². The van der Waals surface area contributed by atoms with Gasteiger partial charge in [0.05, 0.1) is 22.5 Å². The maximum Gasteiger partial charge on any atom is 0.323 e. The van der Waals surface area contributed by atoms with Gasteiger partial charge in [0.1, 0.15) is 23.9 Å². The second kappa shape index (κ2) is 7.22. The van der Waals surface area contributed by atoms with Crippen LogP contribution in [0, 0.1) is 5.82 Å². The number of urea groups is 1. The van der Waals surface area contributed by atoms with Crippen molar-refractivity contribution in [1.82, 2.24) is 16.0 Å². The van der Waals surface area contributed by atoms with Gasteiger partial charge < -0.3 is 26.4 Å². The number of amides is 3. The molecule has 0 aliphatic carbocycles. The second-order valence-electron chi connectivity index (χ2n) is 5.11. The third-order valence-electron chi connectivity index (χ3n) is 3.09. The molecule has 0 fully saturated rings. The van der Waals surface area contributed by atoms with Gasteiger partial charge in [-0.05, 0) is 19.1 Å². The Morgan fingerprint density at radius 1 is 1.50 bits per heavy atom. The summed E-state index contributed by atoms with van der Waals surface area (Å²) < 4.78 is 18.5. The molecule has 0 spiro atoms. The lowest BCUT2D eigenvalue weighted by Crippen LogP contribution is -2.49. The highest BCUT2D eigenvalue weighted by Gasteiger charge is 2.24. The lowest BCUT2D eigenvalue weighted by molar-refractivity contribution is -0.118. The van der Waals surface area contributed by atoms with Crippen molar-refractivity contribution in [1.29, 1.82) is 0 Å². The Morgan fingerprint density at radius 3 is 2.88 bits per heavy atom. The highest BCUT2D eigenvalue weighted by atomic mass is 35.5. The monoisotopic (exact) mass is 354 g/mol. The van der Waals surface area contributed by atoms with Gasteiger partial charge in [0.25, 0.3) is 5.91 Å². The normalized spacial score (nSPS) is 15.5. The molecule has 24 heavy (non-hydrogen) atoms. The van der Waals surface area contributed by atoms with Gasteiger partial charge in [0.2, 0.25) is 0 Å². The molecular formula is C15H16ClFN4O3. The number of nitrogens with two attached hydrogens (primary N) is 1. The van der Waals surface area contributed by atoms with E-state index in [9.17, 15) is 14.0 Å².